The number of rotatable bonds is 4. The molecule has 1 fully saturated rings. The zero-order valence-corrected chi connectivity index (χ0v) is 16.6. The molecule has 2 aliphatic carbocycles. The molecule has 1 saturated carbocycles. The Balaban J connectivity index is 1.86. The summed E-state index contributed by atoms with van der Waals surface area (Å²) >= 11 is 1.59. The fourth-order valence-electron chi connectivity index (χ4n) is 3.87. The Kier molecular flexibility index (Phi) is 6.46. The molecule has 2 amide bonds. The molecule has 0 aliphatic heterocycles. The van der Waals surface area contributed by atoms with E-state index in [1.165, 1.54) is 17.7 Å². The molecule has 5 nitrogen and oxygen atoms in total. The normalized spacial score (nSPS) is 17.8. The number of carbonyl (C=O) groups is 2. The van der Waals surface area contributed by atoms with E-state index in [1.54, 1.807) is 11.3 Å². The van der Waals surface area contributed by atoms with E-state index in [0.717, 1.165) is 62.6 Å². The molecule has 1 heterocycles. The van der Waals surface area contributed by atoms with E-state index in [9.17, 15) is 9.59 Å². The lowest BCUT2D eigenvalue weighted by Gasteiger charge is -2.20. The van der Waals surface area contributed by atoms with Crippen LogP contribution in [-0.4, -0.2) is 17.5 Å². The molecule has 0 bridgehead atoms. The predicted molar refractivity (Wildman–Crippen MR) is 107 cm³/mol. The molecule has 2 N–H and O–H groups in total. The van der Waals surface area contributed by atoms with Gasteiger partial charge >= 0.3 is 0 Å². The highest BCUT2D eigenvalue weighted by molar-refractivity contribution is 7.17. The van der Waals surface area contributed by atoms with E-state index < -0.39 is 0 Å². The molecule has 1 aromatic rings. The van der Waals surface area contributed by atoms with Crippen molar-refractivity contribution in [1.82, 2.24) is 5.43 Å². The number of fused-ring (bicyclic) bond motifs is 1. The van der Waals surface area contributed by atoms with Crippen LogP contribution in [0.5, 0.6) is 0 Å². The molecule has 142 valence electrons. The minimum atomic E-state index is -0.204. The van der Waals surface area contributed by atoms with E-state index in [1.807, 2.05) is 13.8 Å². The topological polar surface area (TPSA) is 70.6 Å². The number of hydrogen-bond donors (Lipinski definition) is 2. The monoisotopic (exact) mass is 375 g/mol. The van der Waals surface area contributed by atoms with Gasteiger partial charge in [-0.1, -0.05) is 25.7 Å². The standard InChI is InChI=1S/C20H29N3O2S/c1-13(2)22-23-19(25)17-15-11-7-4-8-12-16(15)26-20(17)21-18(24)14-9-5-3-6-10-14/h14H,3-12H2,1-2H3,(H,21,24)(H,23,25). The highest BCUT2D eigenvalue weighted by Gasteiger charge is 2.28. The molecule has 0 radical (unpaired) electrons. The van der Waals surface area contributed by atoms with Crippen molar-refractivity contribution in [1.29, 1.82) is 0 Å². The number of hydrazone groups is 1. The van der Waals surface area contributed by atoms with Gasteiger partial charge in [-0.2, -0.15) is 5.10 Å². The summed E-state index contributed by atoms with van der Waals surface area (Å²) < 4.78 is 0. The van der Waals surface area contributed by atoms with Crippen molar-refractivity contribution in [2.24, 2.45) is 11.0 Å². The van der Waals surface area contributed by atoms with Crippen LogP contribution >= 0.6 is 11.3 Å². The second kappa shape index (κ2) is 8.80. The Bertz CT molecular complexity index is 698. The molecule has 2 aliphatic rings. The van der Waals surface area contributed by atoms with E-state index in [0.29, 0.717) is 10.6 Å². The summed E-state index contributed by atoms with van der Waals surface area (Å²) in [4.78, 5) is 26.8. The first-order chi connectivity index (χ1) is 12.6. The number of aryl methyl sites for hydroxylation is 1. The average Bonchev–Trinajstić information content (AvgIpc) is 2.81. The van der Waals surface area contributed by atoms with Crippen LogP contribution in [0.15, 0.2) is 5.10 Å². The van der Waals surface area contributed by atoms with Crippen LogP contribution in [0.2, 0.25) is 0 Å². The minimum absolute atomic E-state index is 0.0744. The van der Waals surface area contributed by atoms with Crippen LogP contribution in [0.3, 0.4) is 0 Å². The molecule has 0 unspecified atom stereocenters. The van der Waals surface area contributed by atoms with Gasteiger partial charge in [0.1, 0.15) is 5.00 Å². The van der Waals surface area contributed by atoms with Crippen molar-refractivity contribution in [3.63, 3.8) is 0 Å². The van der Waals surface area contributed by atoms with Gasteiger partial charge in [0.2, 0.25) is 5.91 Å². The molecule has 6 heteroatoms. The molecule has 3 rings (SSSR count). The zero-order chi connectivity index (χ0) is 18.5. The lowest BCUT2D eigenvalue weighted by molar-refractivity contribution is -0.120. The summed E-state index contributed by atoms with van der Waals surface area (Å²) in [7, 11) is 0. The van der Waals surface area contributed by atoms with Crippen LogP contribution in [0.4, 0.5) is 5.00 Å². The second-order valence-corrected chi connectivity index (χ2v) is 8.70. The minimum Gasteiger partial charge on any atom is -0.317 e. The van der Waals surface area contributed by atoms with Crippen LogP contribution in [0, 0.1) is 5.92 Å². The molecule has 0 saturated heterocycles. The maximum atomic E-state index is 12.8. The molecule has 0 spiro atoms. The van der Waals surface area contributed by atoms with E-state index in [-0.39, 0.29) is 17.7 Å². The number of thiophene rings is 1. The molecule has 0 atom stereocenters. The van der Waals surface area contributed by atoms with Gasteiger partial charge in [0.05, 0.1) is 5.56 Å². The fraction of sp³-hybridized carbons (Fsp3) is 0.650. The number of hydrogen-bond acceptors (Lipinski definition) is 4. The van der Waals surface area contributed by atoms with Gasteiger partial charge in [-0.15, -0.1) is 11.3 Å². The molecule has 26 heavy (non-hydrogen) atoms. The van der Waals surface area contributed by atoms with Gasteiger partial charge in [-0.05, 0) is 57.9 Å². The van der Waals surface area contributed by atoms with E-state index in [4.69, 9.17) is 0 Å². The number of amides is 2. The third-order valence-corrected chi connectivity index (χ3v) is 6.45. The Labute approximate surface area is 159 Å². The molecule has 1 aromatic heterocycles. The summed E-state index contributed by atoms with van der Waals surface area (Å²) in [5, 5.41) is 7.89. The Morgan fingerprint density at radius 1 is 1.00 bits per heavy atom. The van der Waals surface area contributed by atoms with Crippen molar-refractivity contribution in [3.05, 3.63) is 16.0 Å². The summed E-state index contributed by atoms with van der Waals surface area (Å²) in [6, 6.07) is 0. The van der Waals surface area contributed by atoms with Crippen molar-refractivity contribution in [2.75, 3.05) is 5.32 Å². The summed E-state index contributed by atoms with van der Waals surface area (Å²) in [5.41, 5.74) is 5.21. The van der Waals surface area contributed by atoms with Crippen molar-refractivity contribution < 1.29 is 9.59 Å². The van der Waals surface area contributed by atoms with Crippen molar-refractivity contribution in [3.8, 4) is 0 Å². The van der Waals surface area contributed by atoms with Gasteiger partial charge in [0.25, 0.3) is 5.91 Å². The van der Waals surface area contributed by atoms with Crippen LogP contribution < -0.4 is 10.7 Å². The molecular weight excluding hydrogens is 346 g/mol. The van der Waals surface area contributed by atoms with Gasteiger partial charge in [-0.3, -0.25) is 9.59 Å². The Morgan fingerprint density at radius 2 is 1.69 bits per heavy atom. The number of nitrogens with zero attached hydrogens (tertiary/aromatic N) is 1. The van der Waals surface area contributed by atoms with Gasteiger partial charge in [-0.25, -0.2) is 5.43 Å². The largest absolute Gasteiger partial charge is 0.317 e. The van der Waals surface area contributed by atoms with Gasteiger partial charge in [0, 0.05) is 16.5 Å². The highest BCUT2D eigenvalue weighted by Crippen LogP contribution is 2.38. The summed E-state index contributed by atoms with van der Waals surface area (Å²) in [6.45, 7) is 3.69. The van der Waals surface area contributed by atoms with Gasteiger partial charge < -0.3 is 5.32 Å². The Hall–Kier alpha value is -1.69. The van der Waals surface area contributed by atoms with Crippen LogP contribution in [-0.2, 0) is 17.6 Å². The lowest BCUT2D eigenvalue weighted by atomic mass is 9.88. The first-order valence-corrected chi connectivity index (χ1v) is 10.6. The average molecular weight is 376 g/mol. The third-order valence-electron chi connectivity index (χ3n) is 5.24. The smallest absolute Gasteiger partial charge is 0.274 e. The van der Waals surface area contributed by atoms with Crippen molar-refractivity contribution >= 4 is 33.9 Å². The second-order valence-electron chi connectivity index (χ2n) is 7.59. The van der Waals surface area contributed by atoms with Crippen LogP contribution in [0.1, 0.15) is 86.0 Å². The quantitative estimate of drug-likeness (QED) is 0.456. The number of nitrogens with one attached hydrogen (secondary N) is 2. The lowest BCUT2D eigenvalue weighted by Crippen LogP contribution is -2.26. The predicted octanol–water partition coefficient (Wildman–Crippen LogP) is 4.66. The third kappa shape index (κ3) is 4.53. The highest BCUT2D eigenvalue weighted by atomic mass is 32.1. The summed E-state index contributed by atoms with van der Waals surface area (Å²) in [5.74, 6) is -0.0487. The first kappa shape index (κ1) is 19.1. The van der Waals surface area contributed by atoms with Crippen LogP contribution in [0.25, 0.3) is 0 Å². The maximum Gasteiger partial charge on any atom is 0.274 e. The number of carbonyl (C=O) groups excluding carboxylic acids is 2. The summed E-state index contributed by atoms with van der Waals surface area (Å²) in [6.07, 6.45) is 10.7. The SMILES string of the molecule is CC(C)=NNC(=O)c1c(NC(=O)C2CCCCC2)sc2c1CCCCC2. The van der Waals surface area contributed by atoms with Gasteiger partial charge in [0.15, 0.2) is 0 Å². The molecule has 0 aromatic carbocycles. The maximum absolute atomic E-state index is 12.8. The first-order valence-electron chi connectivity index (χ1n) is 9.83. The fourth-order valence-corrected chi connectivity index (χ4v) is 5.16. The molecular formula is C20H29N3O2S. The van der Waals surface area contributed by atoms with Crippen molar-refractivity contribution in [2.45, 2.75) is 78.1 Å². The number of anilines is 1. The Morgan fingerprint density at radius 3 is 2.42 bits per heavy atom. The van der Waals surface area contributed by atoms with E-state index >= 15 is 0 Å². The van der Waals surface area contributed by atoms with E-state index in [2.05, 4.69) is 15.8 Å². The zero-order valence-electron chi connectivity index (χ0n) is 15.8.